The highest BCUT2D eigenvalue weighted by Crippen LogP contribution is 2.35. The third-order valence-electron chi connectivity index (χ3n) is 2.13. The standard InChI is InChI=1S/C11H13ClO4/c1-15-9-6-8(12)5-7(11(9)16-2)3-4-10(13)14/h5-6H,3-4H2,1-2H3,(H,13,14). The molecule has 0 spiro atoms. The zero-order valence-electron chi connectivity index (χ0n) is 9.12. The van der Waals surface area contributed by atoms with Gasteiger partial charge < -0.3 is 14.6 Å². The van der Waals surface area contributed by atoms with E-state index in [1.807, 2.05) is 0 Å². The highest BCUT2D eigenvalue weighted by Gasteiger charge is 2.12. The van der Waals surface area contributed by atoms with Crippen molar-refractivity contribution < 1.29 is 19.4 Å². The number of halogens is 1. The van der Waals surface area contributed by atoms with Crippen molar-refractivity contribution in [1.82, 2.24) is 0 Å². The van der Waals surface area contributed by atoms with Crippen molar-refractivity contribution in [3.63, 3.8) is 0 Å². The smallest absolute Gasteiger partial charge is 0.303 e. The van der Waals surface area contributed by atoms with E-state index < -0.39 is 5.97 Å². The van der Waals surface area contributed by atoms with Crippen molar-refractivity contribution in [1.29, 1.82) is 0 Å². The molecule has 0 amide bonds. The molecule has 4 nitrogen and oxygen atoms in total. The quantitative estimate of drug-likeness (QED) is 0.864. The third-order valence-corrected chi connectivity index (χ3v) is 2.35. The molecule has 0 aromatic heterocycles. The van der Waals surface area contributed by atoms with Gasteiger partial charge in [-0.15, -0.1) is 0 Å². The summed E-state index contributed by atoms with van der Waals surface area (Å²) in [6.07, 6.45) is 0.384. The van der Waals surface area contributed by atoms with E-state index in [9.17, 15) is 4.79 Å². The molecule has 1 aromatic rings. The number of carboxylic acid groups (broad SMARTS) is 1. The van der Waals surface area contributed by atoms with Crippen molar-refractivity contribution in [3.05, 3.63) is 22.7 Å². The van der Waals surface area contributed by atoms with Gasteiger partial charge in [0, 0.05) is 23.1 Å². The number of aliphatic carboxylic acids is 1. The maximum atomic E-state index is 10.5. The second kappa shape index (κ2) is 5.61. The minimum atomic E-state index is -0.860. The van der Waals surface area contributed by atoms with E-state index in [2.05, 4.69) is 0 Å². The van der Waals surface area contributed by atoms with Crippen LogP contribution in [0.2, 0.25) is 5.02 Å². The molecule has 1 N–H and O–H groups in total. The number of ether oxygens (including phenoxy) is 2. The number of aryl methyl sites for hydroxylation is 1. The lowest BCUT2D eigenvalue weighted by molar-refractivity contribution is -0.136. The first-order valence-corrected chi connectivity index (χ1v) is 5.08. The van der Waals surface area contributed by atoms with Gasteiger partial charge in [0.2, 0.25) is 0 Å². The Morgan fingerprint density at radius 1 is 1.38 bits per heavy atom. The number of methoxy groups -OCH3 is 2. The van der Waals surface area contributed by atoms with E-state index in [1.165, 1.54) is 14.2 Å². The van der Waals surface area contributed by atoms with E-state index in [4.69, 9.17) is 26.2 Å². The van der Waals surface area contributed by atoms with Crippen LogP contribution in [0.3, 0.4) is 0 Å². The molecule has 5 heteroatoms. The molecule has 88 valence electrons. The summed E-state index contributed by atoms with van der Waals surface area (Å²) < 4.78 is 10.3. The molecule has 0 saturated heterocycles. The Kier molecular flexibility index (Phi) is 4.43. The molecule has 0 aliphatic heterocycles. The third kappa shape index (κ3) is 3.03. The van der Waals surface area contributed by atoms with Crippen LogP contribution in [0.25, 0.3) is 0 Å². The van der Waals surface area contributed by atoms with Gasteiger partial charge in [0.05, 0.1) is 14.2 Å². The molecule has 0 aliphatic rings. The number of carbonyl (C=O) groups is 1. The van der Waals surface area contributed by atoms with Crippen molar-refractivity contribution >= 4 is 17.6 Å². The van der Waals surface area contributed by atoms with Crippen LogP contribution >= 0.6 is 11.6 Å². The van der Waals surface area contributed by atoms with Crippen LogP contribution in [0.5, 0.6) is 11.5 Å². The maximum absolute atomic E-state index is 10.5. The lowest BCUT2D eigenvalue weighted by Crippen LogP contribution is -2.01. The Morgan fingerprint density at radius 3 is 2.56 bits per heavy atom. The summed E-state index contributed by atoms with van der Waals surface area (Å²) in [6.45, 7) is 0. The molecule has 0 atom stereocenters. The number of rotatable bonds is 5. The fourth-order valence-corrected chi connectivity index (χ4v) is 1.66. The first-order valence-electron chi connectivity index (χ1n) is 4.70. The highest BCUT2D eigenvalue weighted by molar-refractivity contribution is 6.30. The normalized spacial score (nSPS) is 9.94. The van der Waals surface area contributed by atoms with Gasteiger partial charge in [-0.3, -0.25) is 4.79 Å². The number of hydrogen-bond acceptors (Lipinski definition) is 3. The molecule has 0 radical (unpaired) electrons. The number of hydrogen-bond donors (Lipinski definition) is 1. The fraction of sp³-hybridized carbons (Fsp3) is 0.364. The molecule has 0 fully saturated rings. The van der Waals surface area contributed by atoms with Gasteiger partial charge >= 0.3 is 5.97 Å². The van der Waals surface area contributed by atoms with Gasteiger partial charge in [-0.2, -0.15) is 0 Å². The minimum absolute atomic E-state index is 0.0276. The Bertz CT molecular complexity index is 390. The average molecular weight is 245 g/mol. The zero-order chi connectivity index (χ0) is 12.1. The van der Waals surface area contributed by atoms with Crippen LogP contribution in [0.15, 0.2) is 12.1 Å². The second-order valence-electron chi connectivity index (χ2n) is 3.19. The lowest BCUT2D eigenvalue weighted by atomic mass is 10.1. The molecular formula is C11H13ClO4. The molecule has 16 heavy (non-hydrogen) atoms. The van der Waals surface area contributed by atoms with E-state index in [0.29, 0.717) is 22.9 Å². The number of carboxylic acids is 1. The molecular weight excluding hydrogens is 232 g/mol. The van der Waals surface area contributed by atoms with E-state index >= 15 is 0 Å². The average Bonchev–Trinajstić information content (AvgIpc) is 2.25. The second-order valence-corrected chi connectivity index (χ2v) is 3.63. The Hall–Kier alpha value is -1.42. The van der Waals surface area contributed by atoms with Gasteiger partial charge in [0.1, 0.15) is 0 Å². The molecule has 0 unspecified atom stereocenters. The Labute approximate surface area is 98.7 Å². The zero-order valence-corrected chi connectivity index (χ0v) is 9.87. The summed E-state index contributed by atoms with van der Waals surface area (Å²) in [5, 5.41) is 9.13. The van der Waals surface area contributed by atoms with Crippen molar-refractivity contribution in [2.75, 3.05) is 14.2 Å². The molecule has 0 bridgehead atoms. The van der Waals surface area contributed by atoms with Crippen molar-refractivity contribution in [3.8, 4) is 11.5 Å². The first kappa shape index (κ1) is 12.6. The van der Waals surface area contributed by atoms with Crippen LogP contribution < -0.4 is 9.47 Å². The summed E-state index contributed by atoms with van der Waals surface area (Å²) >= 11 is 5.89. The van der Waals surface area contributed by atoms with Crippen molar-refractivity contribution in [2.45, 2.75) is 12.8 Å². The van der Waals surface area contributed by atoms with Crippen LogP contribution in [0.1, 0.15) is 12.0 Å². The first-order chi connectivity index (χ1) is 7.58. The SMILES string of the molecule is COc1cc(Cl)cc(CCC(=O)O)c1OC. The van der Waals surface area contributed by atoms with Gasteiger partial charge in [-0.25, -0.2) is 0 Å². The van der Waals surface area contributed by atoms with Crippen molar-refractivity contribution in [2.24, 2.45) is 0 Å². The molecule has 0 saturated carbocycles. The van der Waals surface area contributed by atoms with E-state index in [-0.39, 0.29) is 6.42 Å². The predicted molar refractivity (Wildman–Crippen MR) is 60.5 cm³/mol. The maximum Gasteiger partial charge on any atom is 0.303 e. The topological polar surface area (TPSA) is 55.8 Å². The fourth-order valence-electron chi connectivity index (χ4n) is 1.43. The van der Waals surface area contributed by atoms with E-state index in [1.54, 1.807) is 12.1 Å². The van der Waals surface area contributed by atoms with Gasteiger partial charge in [0.25, 0.3) is 0 Å². The molecule has 1 rings (SSSR count). The summed E-state index contributed by atoms with van der Waals surface area (Å²) in [5.41, 5.74) is 0.731. The summed E-state index contributed by atoms with van der Waals surface area (Å²) in [4.78, 5) is 10.5. The molecule has 0 aliphatic carbocycles. The highest BCUT2D eigenvalue weighted by atomic mass is 35.5. The minimum Gasteiger partial charge on any atom is -0.493 e. The molecule has 1 aromatic carbocycles. The lowest BCUT2D eigenvalue weighted by Gasteiger charge is -2.12. The summed E-state index contributed by atoms with van der Waals surface area (Å²) in [6, 6.07) is 3.32. The van der Waals surface area contributed by atoms with Crippen LogP contribution in [-0.4, -0.2) is 25.3 Å². The van der Waals surface area contributed by atoms with Gasteiger partial charge in [-0.1, -0.05) is 11.6 Å². The monoisotopic (exact) mass is 244 g/mol. The van der Waals surface area contributed by atoms with Gasteiger partial charge in [0.15, 0.2) is 11.5 Å². The Balaban J connectivity index is 3.04. The van der Waals surface area contributed by atoms with Crippen LogP contribution in [0.4, 0.5) is 0 Å². The molecule has 0 heterocycles. The largest absolute Gasteiger partial charge is 0.493 e. The van der Waals surface area contributed by atoms with E-state index in [0.717, 1.165) is 5.56 Å². The van der Waals surface area contributed by atoms with Gasteiger partial charge in [-0.05, 0) is 12.5 Å². The predicted octanol–water partition coefficient (Wildman–Crippen LogP) is 2.37. The van der Waals surface area contributed by atoms with Crippen LogP contribution in [-0.2, 0) is 11.2 Å². The van der Waals surface area contributed by atoms with Crippen LogP contribution in [0, 0.1) is 0 Å². The summed E-state index contributed by atoms with van der Waals surface area (Å²) in [7, 11) is 3.02. The summed E-state index contributed by atoms with van der Waals surface area (Å²) in [5.74, 6) is 0.185. The number of benzene rings is 1. The Morgan fingerprint density at radius 2 is 2.06 bits per heavy atom.